The zero-order valence-corrected chi connectivity index (χ0v) is 11.5. The molecule has 0 bridgehead atoms. The van der Waals surface area contributed by atoms with Crippen LogP contribution in [0.2, 0.25) is 0 Å². The van der Waals surface area contributed by atoms with Gasteiger partial charge in [0.2, 0.25) is 5.91 Å². The van der Waals surface area contributed by atoms with Crippen molar-refractivity contribution in [2.75, 3.05) is 6.54 Å². The first-order chi connectivity index (χ1) is 8.99. The number of carbonyl (C=O) groups excluding carboxylic acids is 1. The zero-order chi connectivity index (χ0) is 14.3. The van der Waals surface area contributed by atoms with Crippen LogP contribution in [0, 0.1) is 5.92 Å². The van der Waals surface area contributed by atoms with E-state index >= 15 is 0 Å². The number of rotatable bonds is 7. The Kier molecular flexibility index (Phi) is 6.06. The van der Waals surface area contributed by atoms with Gasteiger partial charge in [-0.15, -0.1) is 0 Å². The average Bonchev–Trinajstić information content (AvgIpc) is 2.34. The normalized spacial score (nSPS) is 10.5. The van der Waals surface area contributed by atoms with Crippen molar-refractivity contribution in [2.45, 2.75) is 33.2 Å². The predicted molar refractivity (Wildman–Crippen MR) is 73.6 cm³/mol. The summed E-state index contributed by atoms with van der Waals surface area (Å²) in [6.45, 7) is 4.70. The highest BCUT2D eigenvalue weighted by molar-refractivity contribution is 5.77. The molecule has 0 radical (unpaired) electrons. The molecule has 0 aliphatic heterocycles. The molecular formula is C15H21NO3. The molecule has 1 aromatic carbocycles. The van der Waals surface area contributed by atoms with Crippen LogP contribution in [0.4, 0.5) is 0 Å². The van der Waals surface area contributed by atoms with Crippen molar-refractivity contribution in [3.8, 4) is 0 Å². The minimum atomic E-state index is -0.879. The van der Waals surface area contributed by atoms with Crippen LogP contribution in [0.25, 0.3) is 0 Å². The summed E-state index contributed by atoms with van der Waals surface area (Å²) in [4.78, 5) is 24.4. The van der Waals surface area contributed by atoms with Crippen molar-refractivity contribution >= 4 is 11.9 Å². The number of carboxylic acids is 1. The molecule has 104 valence electrons. The molecule has 0 fully saturated rings. The summed E-state index contributed by atoms with van der Waals surface area (Å²) in [5.41, 5.74) is 1.02. The fraction of sp³-hybridized carbons (Fsp3) is 0.467. The summed E-state index contributed by atoms with van der Waals surface area (Å²) < 4.78 is 0. The van der Waals surface area contributed by atoms with E-state index in [-0.39, 0.29) is 24.8 Å². The van der Waals surface area contributed by atoms with Crippen LogP contribution in [-0.4, -0.2) is 28.4 Å². The topological polar surface area (TPSA) is 57.6 Å². The van der Waals surface area contributed by atoms with Crippen LogP contribution >= 0.6 is 0 Å². The zero-order valence-electron chi connectivity index (χ0n) is 11.5. The first-order valence-electron chi connectivity index (χ1n) is 6.52. The molecule has 0 aliphatic rings. The quantitative estimate of drug-likeness (QED) is 0.822. The maximum absolute atomic E-state index is 12.1. The molecule has 0 atom stereocenters. The lowest BCUT2D eigenvalue weighted by atomic mass is 10.1. The van der Waals surface area contributed by atoms with E-state index < -0.39 is 5.97 Å². The van der Waals surface area contributed by atoms with Gasteiger partial charge in [0.15, 0.2) is 0 Å². The molecule has 1 rings (SSSR count). The number of carbonyl (C=O) groups is 2. The molecule has 0 saturated heterocycles. The van der Waals surface area contributed by atoms with Gasteiger partial charge in [0, 0.05) is 19.5 Å². The van der Waals surface area contributed by atoms with E-state index in [1.54, 1.807) is 4.90 Å². The van der Waals surface area contributed by atoms with Gasteiger partial charge in [-0.05, 0) is 11.5 Å². The molecule has 0 unspecified atom stereocenters. The number of carboxylic acid groups (broad SMARTS) is 1. The number of hydrogen-bond acceptors (Lipinski definition) is 2. The van der Waals surface area contributed by atoms with Gasteiger partial charge in [0.1, 0.15) is 0 Å². The van der Waals surface area contributed by atoms with Crippen LogP contribution < -0.4 is 0 Å². The van der Waals surface area contributed by atoms with Gasteiger partial charge in [0.25, 0.3) is 0 Å². The highest BCUT2D eigenvalue weighted by Crippen LogP contribution is 2.10. The number of nitrogens with zero attached hydrogens (tertiary/aromatic N) is 1. The number of hydrogen-bond donors (Lipinski definition) is 1. The van der Waals surface area contributed by atoms with E-state index in [1.165, 1.54) is 0 Å². The highest BCUT2D eigenvalue weighted by Gasteiger charge is 2.16. The molecule has 4 heteroatoms. The van der Waals surface area contributed by atoms with E-state index in [9.17, 15) is 9.59 Å². The van der Waals surface area contributed by atoms with Crippen LogP contribution in [0.1, 0.15) is 32.3 Å². The summed E-state index contributed by atoms with van der Waals surface area (Å²) in [5.74, 6) is -0.592. The molecule has 0 spiro atoms. The van der Waals surface area contributed by atoms with Gasteiger partial charge >= 0.3 is 5.97 Å². The first-order valence-corrected chi connectivity index (χ1v) is 6.52. The van der Waals surface area contributed by atoms with E-state index in [4.69, 9.17) is 5.11 Å². The molecule has 1 amide bonds. The predicted octanol–water partition coefficient (Wildman–Crippen LogP) is 2.54. The van der Waals surface area contributed by atoms with Crippen molar-refractivity contribution < 1.29 is 14.7 Å². The monoisotopic (exact) mass is 263 g/mol. The second-order valence-corrected chi connectivity index (χ2v) is 5.04. The van der Waals surface area contributed by atoms with Gasteiger partial charge in [-0.25, -0.2) is 0 Å². The van der Waals surface area contributed by atoms with E-state index in [0.29, 0.717) is 13.0 Å². The van der Waals surface area contributed by atoms with Crippen LogP contribution in [0.5, 0.6) is 0 Å². The Labute approximate surface area is 114 Å². The minimum Gasteiger partial charge on any atom is -0.481 e. The molecule has 0 saturated carbocycles. The third-order valence-corrected chi connectivity index (χ3v) is 2.75. The summed E-state index contributed by atoms with van der Waals surface area (Å²) >= 11 is 0. The SMILES string of the molecule is CC(C)CC(=O)N(CCC(=O)O)Cc1ccccc1. The van der Waals surface area contributed by atoms with E-state index in [2.05, 4.69) is 0 Å². The summed E-state index contributed by atoms with van der Waals surface area (Å²) in [7, 11) is 0. The molecule has 0 heterocycles. The van der Waals surface area contributed by atoms with Crippen molar-refractivity contribution in [3.63, 3.8) is 0 Å². The second kappa shape index (κ2) is 7.56. The Balaban J connectivity index is 2.68. The molecule has 19 heavy (non-hydrogen) atoms. The van der Waals surface area contributed by atoms with Crippen LogP contribution in [0.15, 0.2) is 30.3 Å². The number of amides is 1. The molecule has 4 nitrogen and oxygen atoms in total. The lowest BCUT2D eigenvalue weighted by molar-refractivity contribution is -0.138. The largest absolute Gasteiger partial charge is 0.481 e. The maximum atomic E-state index is 12.1. The minimum absolute atomic E-state index is 0.0140. The first kappa shape index (κ1) is 15.2. The Bertz CT molecular complexity index is 415. The molecule has 1 N–H and O–H groups in total. The van der Waals surface area contributed by atoms with Gasteiger partial charge in [0.05, 0.1) is 6.42 Å². The fourth-order valence-electron chi connectivity index (χ4n) is 1.80. The number of benzene rings is 1. The Morgan fingerprint density at radius 3 is 2.37 bits per heavy atom. The summed E-state index contributed by atoms with van der Waals surface area (Å²) in [6, 6.07) is 9.63. The third kappa shape index (κ3) is 6.04. The fourth-order valence-corrected chi connectivity index (χ4v) is 1.80. The summed E-state index contributed by atoms with van der Waals surface area (Å²) in [6.07, 6.45) is 0.434. The highest BCUT2D eigenvalue weighted by atomic mass is 16.4. The molecule has 1 aromatic rings. The lowest BCUT2D eigenvalue weighted by Gasteiger charge is -2.23. The smallest absolute Gasteiger partial charge is 0.305 e. The standard InChI is InChI=1S/C15H21NO3/c1-12(2)10-14(17)16(9-8-15(18)19)11-13-6-4-3-5-7-13/h3-7,12H,8-11H2,1-2H3,(H,18,19). The van der Waals surface area contributed by atoms with Crippen LogP contribution in [-0.2, 0) is 16.1 Å². The van der Waals surface area contributed by atoms with E-state index in [0.717, 1.165) is 5.56 Å². The summed E-state index contributed by atoms with van der Waals surface area (Å²) in [5, 5.41) is 8.75. The Hall–Kier alpha value is -1.84. The molecular weight excluding hydrogens is 242 g/mol. The number of aliphatic carboxylic acids is 1. The van der Waals surface area contributed by atoms with E-state index in [1.807, 2.05) is 44.2 Å². The van der Waals surface area contributed by atoms with Gasteiger partial charge in [-0.3, -0.25) is 9.59 Å². The lowest BCUT2D eigenvalue weighted by Crippen LogP contribution is -2.33. The van der Waals surface area contributed by atoms with Crippen LogP contribution in [0.3, 0.4) is 0 Å². The molecule has 0 aliphatic carbocycles. The van der Waals surface area contributed by atoms with Gasteiger partial charge in [-0.1, -0.05) is 44.2 Å². The van der Waals surface area contributed by atoms with Crippen molar-refractivity contribution in [1.29, 1.82) is 0 Å². The van der Waals surface area contributed by atoms with Crippen molar-refractivity contribution in [1.82, 2.24) is 4.90 Å². The second-order valence-electron chi connectivity index (χ2n) is 5.04. The third-order valence-electron chi connectivity index (χ3n) is 2.75. The maximum Gasteiger partial charge on any atom is 0.305 e. The van der Waals surface area contributed by atoms with Gasteiger partial charge < -0.3 is 10.0 Å². The van der Waals surface area contributed by atoms with Gasteiger partial charge in [-0.2, -0.15) is 0 Å². The Morgan fingerprint density at radius 2 is 1.84 bits per heavy atom. The average molecular weight is 263 g/mol. The van der Waals surface area contributed by atoms with Crippen molar-refractivity contribution in [2.24, 2.45) is 5.92 Å². The molecule has 0 aromatic heterocycles. The Morgan fingerprint density at radius 1 is 1.21 bits per heavy atom. The van der Waals surface area contributed by atoms with Crippen molar-refractivity contribution in [3.05, 3.63) is 35.9 Å².